The Kier molecular flexibility index (Phi) is 5.46. The number of urea groups is 1. The zero-order valence-electron chi connectivity index (χ0n) is 13.9. The first-order valence-corrected chi connectivity index (χ1v) is 8.05. The highest BCUT2D eigenvalue weighted by atomic mass is 16.7. The molecule has 0 radical (unpaired) electrons. The van der Waals surface area contributed by atoms with Crippen molar-refractivity contribution in [3.8, 4) is 23.0 Å². The van der Waals surface area contributed by atoms with Crippen LogP contribution < -0.4 is 29.6 Å². The molecule has 0 atom stereocenters. The van der Waals surface area contributed by atoms with E-state index in [1.807, 2.05) is 31.2 Å². The highest BCUT2D eigenvalue weighted by molar-refractivity contribution is 5.89. The van der Waals surface area contributed by atoms with Crippen molar-refractivity contribution in [1.82, 2.24) is 5.32 Å². The van der Waals surface area contributed by atoms with Gasteiger partial charge in [0.1, 0.15) is 18.1 Å². The lowest BCUT2D eigenvalue weighted by atomic mass is 10.3. The van der Waals surface area contributed by atoms with E-state index in [1.165, 1.54) is 0 Å². The van der Waals surface area contributed by atoms with E-state index >= 15 is 0 Å². The molecule has 0 spiro atoms. The van der Waals surface area contributed by atoms with Crippen LogP contribution >= 0.6 is 0 Å². The fourth-order valence-corrected chi connectivity index (χ4v) is 2.28. The largest absolute Gasteiger partial charge is 0.494 e. The van der Waals surface area contributed by atoms with Gasteiger partial charge in [-0.3, -0.25) is 0 Å². The number of rotatable bonds is 7. The quantitative estimate of drug-likeness (QED) is 0.755. The van der Waals surface area contributed by atoms with E-state index in [0.717, 1.165) is 11.5 Å². The molecule has 1 heterocycles. The summed E-state index contributed by atoms with van der Waals surface area (Å²) in [5.41, 5.74) is 0.634. The number of ether oxygens (including phenoxy) is 4. The fraction of sp³-hybridized carbons (Fsp3) is 0.278. The van der Waals surface area contributed by atoms with Crippen molar-refractivity contribution in [1.29, 1.82) is 0 Å². The minimum absolute atomic E-state index is 0.202. The van der Waals surface area contributed by atoms with Crippen molar-refractivity contribution < 1.29 is 23.7 Å². The van der Waals surface area contributed by atoms with Gasteiger partial charge in [-0.25, -0.2) is 4.79 Å². The summed E-state index contributed by atoms with van der Waals surface area (Å²) in [6.07, 6.45) is 0. The van der Waals surface area contributed by atoms with Crippen molar-refractivity contribution in [2.75, 3.05) is 31.9 Å². The minimum Gasteiger partial charge on any atom is -0.494 e. The van der Waals surface area contributed by atoms with E-state index in [2.05, 4.69) is 10.6 Å². The molecule has 0 saturated carbocycles. The molecule has 7 nitrogen and oxygen atoms in total. The van der Waals surface area contributed by atoms with Crippen LogP contribution in [0.15, 0.2) is 42.5 Å². The molecule has 0 aliphatic carbocycles. The third-order valence-electron chi connectivity index (χ3n) is 3.42. The van der Waals surface area contributed by atoms with Gasteiger partial charge in [-0.15, -0.1) is 0 Å². The van der Waals surface area contributed by atoms with Crippen molar-refractivity contribution in [2.24, 2.45) is 0 Å². The van der Waals surface area contributed by atoms with E-state index in [0.29, 0.717) is 36.9 Å². The summed E-state index contributed by atoms with van der Waals surface area (Å²) in [6.45, 7) is 3.51. The van der Waals surface area contributed by atoms with Crippen LogP contribution in [0.5, 0.6) is 23.0 Å². The first-order valence-electron chi connectivity index (χ1n) is 8.05. The highest BCUT2D eigenvalue weighted by Gasteiger charge is 2.13. The zero-order chi connectivity index (χ0) is 17.5. The second kappa shape index (κ2) is 8.14. The number of hydrogen-bond acceptors (Lipinski definition) is 5. The van der Waals surface area contributed by atoms with Crippen molar-refractivity contribution in [3.05, 3.63) is 42.5 Å². The van der Waals surface area contributed by atoms with Crippen LogP contribution in [0.1, 0.15) is 6.92 Å². The standard InChI is InChI=1S/C18H20N2O5/c1-2-22-14-4-6-15(7-5-14)23-10-9-19-18(21)20-13-3-8-16-17(11-13)25-12-24-16/h3-8,11H,2,9-10,12H2,1H3,(H2,19,20,21). The summed E-state index contributed by atoms with van der Waals surface area (Å²) in [4.78, 5) is 11.9. The number of carbonyl (C=O) groups is 1. The van der Waals surface area contributed by atoms with Gasteiger partial charge in [0.15, 0.2) is 11.5 Å². The van der Waals surface area contributed by atoms with Gasteiger partial charge < -0.3 is 29.6 Å². The summed E-state index contributed by atoms with van der Waals surface area (Å²) in [6, 6.07) is 12.3. The normalized spacial score (nSPS) is 11.7. The Morgan fingerprint density at radius 3 is 2.52 bits per heavy atom. The topological polar surface area (TPSA) is 78.1 Å². The zero-order valence-corrected chi connectivity index (χ0v) is 13.9. The SMILES string of the molecule is CCOc1ccc(OCCNC(=O)Nc2ccc3c(c2)OCO3)cc1. The van der Waals surface area contributed by atoms with Crippen LogP contribution in [-0.2, 0) is 0 Å². The second-order valence-electron chi connectivity index (χ2n) is 5.20. The average molecular weight is 344 g/mol. The third-order valence-corrected chi connectivity index (χ3v) is 3.42. The predicted octanol–water partition coefficient (Wildman–Crippen LogP) is 3.01. The maximum atomic E-state index is 11.9. The van der Waals surface area contributed by atoms with Crippen molar-refractivity contribution >= 4 is 11.7 Å². The Morgan fingerprint density at radius 2 is 1.76 bits per heavy atom. The first kappa shape index (κ1) is 16.8. The van der Waals surface area contributed by atoms with Crippen LogP contribution in [0.25, 0.3) is 0 Å². The number of benzene rings is 2. The van der Waals surface area contributed by atoms with Crippen LogP contribution in [0.4, 0.5) is 10.5 Å². The second-order valence-corrected chi connectivity index (χ2v) is 5.20. The predicted molar refractivity (Wildman–Crippen MR) is 92.7 cm³/mol. The Balaban J connectivity index is 1.38. The molecule has 0 saturated heterocycles. The molecular weight excluding hydrogens is 324 g/mol. The number of carbonyl (C=O) groups excluding carboxylic acids is 1. The smallest absolute Gasteiger partial charge is 0.319 e. The Labute approximate surface area is 145 Å². The molecule has 1 aliphatic rings. The summed E-state index contributed by atoms with van der Waals surface area (Å²) < 4.78 is 21.4. The molecule has 2 N–H and O–H groups in total. The molecule has 2 amide bonds. The summed E-state index contributed by atoms with van der Waals surface area (Å²) in [5.74, 6) is 2.82. The molecule has 7 heteroatoms. The lowest BCUT2D eigenvalue weighted by molar-refractivity contribution is 0.174. The van der Waals surface area contributed by atoms with Gasteiger partial charge >= 0.3 is 6.03 Å². The van der Waals surface area contributed by atoms with E-state index in [1.54, 1.807) is 18.2 Å². The van der Waals surface area contributed by atoms with Gasteiger partial charge in [0.25, 0.3) is 0 Å². The van der Waals surface area contributed by atoms with Crippen LogP contribution in [-0.4, -0.2) is 32.6 Å². The van der Waals surface area contributed by atoms with Crippen LogP contribution in [0.3, 0.4) is 0 Å². The highest BCUT2D eigenvalue weighted by Crippen LogP contribution is 2.34. The molecular formula is C18H20N2O5. The van der Waals surface area contributed by atoms with E-state index in [-0.39, 0.29) is 12.8 Å². The van der Waals surface area contributed by atoms with Gasteiger partial charge in [0.05, 0.1) is 13.2 Å². The van der Waals surface area contributed by atoms with Gasteiger partial charge in [-0.1, -0.05) is 0 Å². The third kappa shape index (κ3) is 4.69. The van der Waals surface area contributed by atoms with Gasteiger partial charge in [0, 0.05) is 11.8 Å². The monoisotopic (exact) mass is 344 g/mol. The Bertz CT molecular complexity index is 718. The Morgan fingerprint density at radius 1 is 1.04 bits per heavy atom. The van der Waals surface area contributed by atoms with Gasteiger partial charge in [0.2, 0.25) is 6.79 Å². The molecule has 0 unspecified atom stereocenters. The molecule has 3 rings (SSSR count). The molecule has 1 aliphatic heterocycles. The average Bonchev–Trinajstić information content (AvgIpc) is 3.08. The maximum Gasteiger partial charge on any atom is 0.319 e. The lowest BCUT2D eigenvalue weighted by Crippen LogP contribution is -2.32. The Hall–Kier alpha value is -3.09. The first-order chi connectivity index (χ1) is 12.2. The number of fused-ring (bicyclic) bond motifs is 1. The number of hydrogen-bond donors (Lipinski definition) is 2. The molecule has 0 fully saturated rings. The maximum absolute atomic E-state index is 11.9. The van der Waals surface area contributed by atoms with Crippen LogP contribution in [0, 0.1) is 0 Å². The fourth-order valence-electron chi connectivity index (χ4n) is 2.28. The molecule has 2 aromatic rings. The van der Waals surface area contributed by atoms with E-state index in [9.17, 15) is 4.79 Å². The number of nitrogens with one attached hydrogen (secondary N) is 2. The van der Waals surface area contributed by atoms with Gasteiger partial charge in [-0.05, 0) is 43.3 Å². The minimum atomic E-state index is -0.311. The molecule has 25 heavy (non-hydrogen) atoms. The summed E-state index contributed by atoms with van der Waals surface area (Å²) in [5, 5.41) is 5.46. The lowest BCUT2D eigenvalue weighted by Gasteiger charge is -2.10. The molecule has 0 bridgehead atoms. The molecule has 132 valence electrons. The van der Waals surface area contributed by atoms with Crippen LogP contribution in [0.2, 0.25) is 0 Å². The van der Waals surface area contributed by atoms with Crippen molar-refractivity contribution in [2.45, 2.75) is 6.92 Å². The van der Waals surface area contributed by atoms with Gasteiger partial charge in [-0.2, -0.15) is 0 Å². The van der Waals surface area contributed by atoms with E-state index < -0.39 is 0 Å². The summed E-state index contributed by atoms with van der Waals surface area (Å²) >= 11 is 0. The molecule has 2 aromatic carbocycles. The van der Waals surface area contributed by atoms with E-state index in [4.69, 9.17) is 18.9 Å². The number of anilines is 1. The molecule has 0 aromatic heterocycles. The number of amides is 2. The van der Waals surface area contributed by atoms with Crippen molar-refractivity contribution in [3.63, 3.8) is 0 Å². The summed E-state index contributed by atoms with van der Waals surface area (Å²) in [7, 11) is 0.